The first-order valence-electron chi connectivity index (χ1n) is 10.1. The van der Waals surface area contributed by atoms with E-state index in [-0.39, 0.29) is 29.9 Å². The van der Waals surface area contributed by atoms with Crippen molar-refractivity contribution >= 4 is 16.8 Å². The fourth-order valence-electron chi connectivity index (χ4n) is 5.38. The number of carbonyl (C=O) groups excluding carboxylic acids is 1. The van der Waals surface area contributed by atoms with E-state index in [2.05, 4.69) is 41.2 Å². The van der Waals surface area contributed by atoms with Crippen LogP contribution in [0.4, 0.5) is 0 Å². The third-order valence-electron chi connectivity index (χ3n) is 6.83. The molecule has 1 aliphatic carbocycles. The minimum Gasteiger partial charge on any atom is -0.396 e. The summed E-state index contributed by atoms with van der Waals surface area (Å²) in [6.07, 6.45) is 9.15. The van der Waals surface area contributed by atoms with Crippen LogP contribution in [0, 0.1) is 5.41 Å². The number of H-pyrrole nitrogens is 1. The number of aliphatic hydroxyl groups is 1. The summed E-state index contributed by atoms with van der Waals surface area (Å²) in [7, 11) is 0. The van der Waals surface area contributed by atoms with Gasteiger partial charge < -0.3 is 15.0 Å². The first-order valence-corrected chi connectivity index (χ1v) is 10.1. The Balaban J connectivity index is 1.52. The van der Waals surface area contributed by atoms with Crippen molar-refractivity contribution in [3.05, 3.63) is 36.0 Å². The molecule has 140 valence electrons. The number of piperidine rings is 1. The molecule has 0 radical (unpaired) electrons. The molecule has 2 aliphatic rings. The molecule has 2 fully saturated rings. The van der Waals surface area contributed by atoms with Crippen molar-refractivity contribution in [3.8, 4) is 0 Å². The maximum absolute atomic E-state index is 13.2. The van der Waals surface area contributed by atoms with Gasteiger partial charge >= 0.3 is 0 Å². The smallest absolute Gasteiger partial charge is 0.223 e. The van der Waals surface area contributed by atoms with Gasteiger partial charge in [0.15, 0.2) is 0 Å². The lowest BCUT2D eigenvalue weighted by Gasteiger charge is -2.52. The highest BCUT2D eigenvalue weighted by atomic mass is 16.3. The van der Waals surface area contributed by atoms with Crippen molar-refractivity contribution in [2.24, 2.45) is 5.41 Å². The Morgan fingerprint density at radius 3 is 2.96 bits per heavy atom. The Bertz CT molecular complexity index is 779. The topological polar surface area (TPSA) is 56.3 Å². The summed E-state index contributed by atoms with van der Waals surface area (Å²) in [6, 6.07) is 8.52. The van der Waals surface area contributed by atoms with Crippen LogP contribution in [-0.4, -0.2) is 40.1 Å². The lowest BCUT2D eigenvalue weighted by atomic mass is 9.65. The van der Waals surface area contributed by atoms with Gasteiger partial charge in [-0.15, -0.1) is 0 Å². The van der Waals surface area contributed by atoms with E-state index in [0.29, 0.717) is 6.42 Å². The number of nitrogens with one attached hydrogen (secondary N) is 1. The lowest BCUT2D eigenvalue weighted by molar-refractivity contribution is -0.144. The normalized spacial score (nSPS) is 27.3. The Labute approximate surface area is 155 Å². The number of carbonyl (C=O) groups is 1. The van der Waals surface area contributed by atoms with Crippen LogP contribution in [0.3, 0.4) is 0 Å². The van der Waals surface area contributed by atoms with Crippen LogP contribution < -0.4 is 0 Å². The summed E-state index contributed by atoms with van der Waals surface area (Å²) in [5, 5.41) is 11.3. The molecule has 3 atom stereocenters. The predicted molar refractivity (Wildman–Crippen MR) is 104 cm³/mol. The number of nitrogens with zero attached hydrogens (tertiary/aromatic N) is 1. The van der Waals surface area contributed by atoms with Crippen molar-refractivity contribution in [2.75, 3.05) is 13.2 Å². The molecular formula is C22H30N2O2. The van der Waals surface area contributed by atoms with E-state index in [1.807, 2.05) is 6.07 Å². The van der Waals surface area contributed by atoms with Crippen LogP contribution in [0.25, 0.3) is 10.9 Å². The molecule has 4 heteroatoms. The molecule has 1 aromatic carbocycles. The highest BCUT2D eigenvalue weighted by molar-refractivity contribution is 5.85. The van der Waals surface area contributed by atoms with Crippen molar-refractivity contribution in [2.45, 2.75) is 63.8 Å². The Morgan fingerprint density at radius 2 is 2.12 bits per heavy atom. The zero-order valence-corrected chi connectivity index (χ0v) is 15.7. The summed E-state index contributed by atoms with van der Waals surface area (Å²) in [5.41, 5.74) is 2.31. The summed E-state index contributed by atoms with van der Waals surface area (Å²) in [4.78, 5) is 18.6. The number of rotatable bonds is 4. The molecule has 26 heavy (non-hydrogen) atoms. The fraction of sp³-hybridized carbons (Fsp3) is 0.591. The number of likely N-dealkylation sites (tertiary alicyclic amines) is 1. The molecule has 1 saturated heterocycles. The van der Waals surface area contributed by atoms with Gasteiger partial charge in [0, 0.05) is 41.5 Å². The number of amides is 1. The number of benzene rings is 1. The van der Waals surface area contributed by atoms with E-state index in [0.717, 1.165) is 37.7 Å². The molecule has 2 aromatic rings. The van der Waals surface area contributed by atoms with Crippen LogP contribution in [0.2, 0.25) is 0 Å². The quantitative estimate of drug-likeness (QED) is 0.864. The van der Waals surface area contributed by atoms with Crippen molar-refractivity contribution in [1.29, 1.82) is 0 Å². The average Bonchev–Trinajstić information content (AvgIpc) is 3.11. The second-order valence-electron chi connectivity index (χ2n) is 8.37. The molecule has 0 bridgehead atoms. The van der Waals surface area contributed by atoms with Gasteiger partial charge in [-0.05, 0) is 43.2 Å². The molecule has 4 rings (SSSR count). The van der Waals surface area contributed by atoms with E-state index in [4.69, 9.17) is 0 Å². The zero-order chi connectivity index (χ0) is 18.1. The minimum atomic E-state index is -0.0455. The number of aromatic nitrogens is 1. The van der Waals surface area contributed by atoms with Crippen molar-refractivity contribution in [1.82, 2.24) is 9.88 Å². The molecule has 0 spiro atoms. The van der Waals surface area contributed by atoms with Gasteiger partial charge in [0.25, 0.3) is 0 Å². The third kappa shape index (κ3) is 2.94. The second-order valence-corrected chi connectivity index (χ2v) is 8.37. The number of hydrogen-bond acceptors (Lipinski definition) is 2. The third-order valence-corrected chi connectivity index (χ3v) is 6.83. The lowest BCUT2D eigenvalue weighted by Crippen LogP contribution is -2.57. The molecule has 4 nitrogen and oxygen atoms in total. The molecule has 2 N–H and O–H groups in total. The number of para-hydroxylation sites is 1. The van der Waals surface area contributed by atoms with Gasteiger partial charge in [-0.25, -0.2) is 0 Å². The Morgan fingerprint density at radius 1 is 1.31 bits per heavy atom. The number of aliphatic hydroxyl groups excluding tert-OH is 1. The maximum Gasteiger partial charge on any atom is 0.223 e. The summed E-state index contributed by atoms with van der Waals surface area (Å²) in [6.45, 7) is 3.23. The predicted octanol–water partition coefficient (Wildman–Crippen LogP) is 4.21. The number of fused-ring (bicyclic) bond motifs is 2. The first-order chi connectivity index (χ1) is 12.6. The van der Waals surface area contributed by atoms with Gasteiger partial charge in [-0.1, -0.05) is 38.0 Å². The largest absolute Gasteiger partial charge is 0.396 e. The van der Waals surface area contributed by atoms with Gasteiger partial charge in [-0.2, -0.15) is 0 Å². The van der Waals surface area contributed by atoms with Gasteiger partial charge in [0.05, 0.1) is 6.61 Å². The van der Waals surface area contributed by atoms with Crippen molar-refractivity contribution in [3.63, 3.8) is 0 Å². The maximum atomic E-state index is 13.2. The van der Waals surface area contributed by atoms with Gasteiger partial charge in [-0.3, -0.25) is 4.79 Å². The molecule has 1 aliphatic heterocycles. The molecule has 1 amide bonds. The standard InChI is InChI=1S/C22H30N2O2/c1-16(18-14-23-19-8-3-2-7-17(18)19)13-21(26)24-12-6-11-22(15-25)10-5-4-9-20(22)24/h2-3,7-8,14,16,20,23,25H,4-6,9-13,15H2,1H3. The van der Waals surface area contributed by atoms with Crippen LogP contribution in [-0.2, 0) is 4.79 Å². The van der Waals surface area contributed by atoms with Crippen LogP contribution in [0.15, 0.2) is 30.5 Å². The number of hydrogen-bond donors (Lipinski definition) is 2. The van der Waals surface area contributed by atoms with Crippen LogP contribution in [0.1, 0.15) is 63.4 Å². The zero-order valence-electron chi connectivity index (χ0n) is 15.7. The second kappa shape index (κ2) is 7.07. The Hall–Kier alpha value is -1.81. The van der Waals surface area contributed by atoms with E-state index < -0.39 is 0 Å². The highest BCUT2D eigenvalue weighted by Crippen LogP contribution is 2.46. The highest BCUT2D eigenvalue weighted by Gasteiger charge is 2.46. The molecular weight excluding hydrogens is 324 g/mol. The minimum absolute atomic E-state index is 0.0455. The molecule has 3 unspecified atom stereocenters. The Kier molecular flexibility index (Phi) is 4.78. The van der Waals surface area contributed by atoms with Crippen molar-refractivity contribution < 1.29 is 9.90 Å². The fourth-order valence-corrected chi connectivity index (χ4v) is 5.38. The average molecular weight is 354 g/mol. The van der Waals surface area contributed by atoms with Crippen LogP contribution >= 0.6 is 0 Å². The summed E-state index contributed by atoms with van der Waals surface area (Å²) in [5.74, 6) is 0.444. The van der Waals surface area contributed by atoms with E-state index >= 15 is 0 Å². The summed E-state index contributed by atoms with van der Waals surface area (Å²) >= 11 is 0. The van der Waals surface area contributed by atoms with E-state index in [9.17, 15) is 9.90 Å². The number of aromatic amines is 1. The van der Waals surface area contributed by atoms with E-state index in [1.165, 1.54) is 23.8 Å². The van der Waals surface area contributed by atoms with Gasteiger partial charge in [0.1, 0.15) is 0 Å². The molecule has 1 saturated carbocycles. The monoisotopic (exact) mass is 354 g/mol. The molecule has 1 aromatic heterocycles. The van der Waals surface area contributed by atoms with E-state index in [1.54, 1.807) is 0 Å². The van der Waals surface area contributed by atoms with Crippen LogP contribution in [0.5, 0.6) is 0 Å². The van der Waals surface area contributed by atoms with Gasteiger partial charge in [0.2, 0.25) is 5.91 Å². The SMILES string of the molecule is CC(CC(=O)N1CCCC2(CO)CCCCC12)c1c[nH]c2ccccc12. The summed E-state index contributed by atoms with van der Waals surface area (Å²) < 4.78 is 0. The first kappa shape index (κ1) is 17.6. The molecule has 2 heterocycles.